The third-order valence-electron chi connectivity index (χ3n) is 2.55. The van der Waals surface area contributed by atoms with Gasteiger partial charge in [0.1, 0.15) is 0 Å². The van der Waals surface area contributed by atoms with E-state index in [0.717, 1.165) is 11.1 Å². The van der Waals surface area contributed by atoms with Crippen LogP contribution in [0.2, 0.25) is 0 Å². The van der Waals surface area contributed by atoms with Gasteiger partial charge in [-0.25, -0.2) is 0 Å². The van der Waals surface area contributed by atoms with E-state index < -0.39 is 0 Å². The summed E-state index contributed by atoms with van der Waals surface area (Å²) in [5, 5.41) is 10.4. The molecule has 0 aliphatic carbocycles. The summed E-state index contributed by atoms with van der Waals surface area (Å²) in [6, 6.07) is 8.14. The molecule has 0 saturated heterocycles. The molecule has 0 aliphatic rings. The van der Waals surface area contributed by atoms with Gasteiger partial charge in [-0.15, -0.1) is 0 Å². The van der Waals surface area contributed by atoms with Crippen molar-refractivity contribution in [2.24, 2.45) is 7.05 Å². The van der Waals surface area contributed by atoms with Gasteiger partial charge in [-0.2, -0.15) is 0 Å². The fraction of sp³-hybridized carbons (Fsp3) is 0.273. The van der Waals surface area contributed by atoms with E-state index in [4.69, 9.17) is 5.11 Å². The highest BCUT2D eigenvalue weighted by Gasteiger charge is 2.05. The Bertz CT molecular complexity index is 443. The first-order valence-electron chi connectivity index (χ1n) is 4.39. The molecule has 1 heterocycles. The van der Waals surface area contributed by atoms with Crippen LogP contribution in [0.5, 0.6) is 0 Å². The first kappa shape index (κ1) is 8.32. The van der Waals surface area contributed by atoms with Crippen LogP contribution in [-0.4, -0.2) is 9.67 Å². The maximum atomic E-state index is 9.16. The highest BCUT2D eigenvalue weighted by Crippen LogP contribution is 2.21. The molecule has 0 atom stereocenters. The van der Waals surface area contributed by atoms with Crippen molar-refractivity contribution in [3.8, 4) is 0 Å². The zero-order valence-corrected chi connectivity index (χ0v) is 7.91. The SMILES string of the molecule is Cc1cc2cccc(CO)c2n1C. The zero-order chi connectivity index (χ0) is 9.42. The molecule has 0 amide bonds. The van der Waals surface area contributed by atoms with Crippen LogP contribution >= 0.6 is 0 Å². The first-order valence-corrected chi connectivity index (χ1v) is 4.39. The minimum Gasteiger partial charge on any atom is -0.392 e. The summed E-state index contributed by atoms with van der Waals surface area (Å²) in [6.45, 7) is 2.18. The Hall–Kier alpha value is -1.28. The molecule has 2 aromatic rings. The number of aryl methyl sites for hydroxylation is 2. The van der Waals surface area contributed by atoms with Crippen LogP contribution < -0.4 is 0 Å². The number of para-hydroxylation sites is 1. The Morgan fingerprint density at radius 1 is 1.38 bits per heavy atom. The van der Waals surface area contributed by atoms with E-state index in [1.165, 1.54) is 11.1 Å². The van der Waals surface area contributed by atoms with Gasteiger partial charge in [0, 0.05) is 23.7 Å². The van der Waals surface area contributed by atoms with Crippen LogP contribution in [0.25, 0.3) is 10.9 Å². The Morgan fingerprint density at radius 3 is 2.85 bits per heavy atom. The van der Waals surface area contributed by atoms with Gasteiger partial charge in [0.05, 0.1) is 12.1 Å². The van der Waals surface area contributed by atoms with E-state index in [1.807, 2.05) is 19.2 Å². The molecule has 13 heavy (non-hydrogen) atoms. The topological polar surface area (TPSA) is 25.2 Å². The number of hydrogen-bond donors (Lipinski definition) is 1. The van der Waals surface area contributed by atoms with Gasteiger partial charge in [0.15, 0.2) is 0 Å². The number of fused-ring (bicyclic) bond motifs is 1. The van der Waals surface area contributed by atoms with Crippen molar-refractivity contribution in [1.29, 1.82) is 0 Å². The molecular weight excluding hydrogens is 162 g/mol. The molecule has 0 aliphatic heterocycles. The maximum absolute atomic E-state index is 9.16. The Labute approximate surface area is 77.4 Å². The fourth-order valence-corrected chi connectivity index (χ4v) is 1.76. The molecule has 2 heteroatoms. The number of rotatable bonds is 1. The van der Waals surface area contributed by atoms with E-state index in [1.54, 1.807) is 0 Å². The molecule has 0 unspecified atom stereocenters. The quantitative estimate of drug-likeness (QED) is 0.704. The van der Waals surface area contributed by atoms with Gasteiger partial charge in [0.25, 0.3) is 0 Å². The second-order valence-corrected chi connectivity index (χ2v) is 3.36. The van der Waals surface area contributed by atoms with Gasteiger partial charge in [-0.05, 0) is 13.0 Å². The van der Waals surface area contributed by atoms with Crippen LogP contribution in [0.3, 0.4) is 0 Å². The standard InChI is InChI=1S/C11H13NO/c1-8-6-9-4-3-5-10(7-13)11(9)12(8)2/h3-6,13H,7H2,1-2H3. The summed E-state index contributed by atoms with van der Waals surface area (Å²) in [4.78, 5) is 0. The van der Waals surface area contributed by atoms with E-state index >= 15 is 0 Å². The number of hydrogen-bond acceptors (Lipinski definition) is 1. The minimum absolute atomic E-state index is 0.106. The van der Waals surface area contributed by atoms with Crippen LogP contribution in [0.1, 0.15) is 11.3 Å². The Kier molecular flexibility index (Phi) is 1.85. The summed E-state index contributed by atoms with van der Waals surface area (Å²) in [5.74, 6) is 0. The van der Waals surface area contributed by atoms with Crippen LogP contribution in [0.4, 0.5) is 0 Å². The van der Waals surface area contributed by atoms with Gasteiger partial charge in [-0.1, -0.05) is 18.2 Å². The number of nitrogens with zero attached hydrogens (tertiary/aromatic N) is 1. The molecule has 1 N–H and O–H groups in total. The van der Waals surface area contributed by atoms with Gasteiger partial charge >= 0.3 is 0 Å². The van der Waals surface area contributed by atoms with Crippen molar-refractivity contribution in [2.45, 2.75) is 13.5 Å². The summed E-state index contributed by atoms with van der Waals surface area (Å²) in [6.07, 6.45) is 0. The van der Waals surface area contributed by atoms with Crippen molar-refractivity contribution in [2.75, 3.05) is 0 Å². The third-order valence-corrected chi connectivity index (χ3v) is 2.55. The van der Waals surface area contributed by atoms with E-state index in [-0.39, 0.29) is 6.61 Å². The number of aliphatic hydroxyl groups is 1. The Morgan fingerprint density at radius 2 is 2.15 bits per heavy atom. The summed E-state index contributed by atoms with van der Waals surface area (Å²) >= 11 is 0. The average Bonchev–Trinajstić information content (AvgIpc) is 2.43. The lowest BCUT2D eigenvalue weighted by atomic mass is 10.1. The maximum Gasteiger partial charge on any atom is 0.0702 e. The molecular formula is C11H13NO. The van der Waals surface area contributed by atoms with Crippen molar-refractivity contribution in [1.82, 2.24) is 4.57 Å². The predicted octanol–water partition coefficient (Wildman–Crippen LogP) is 1.98. The normalized spacial score (nSPS) is 11.0. The molecule has 2 nitrogen and oxygen atoms in total. The van der Waals surface area contributed by atoms with Crippen LogP contribution in [-0.2, 0) is 13.7 Å². The molecule has 68 valence electrons. The van der Waals surface area contributed by atoms with E-state index in [2.05, 4.69) is 23.6 Å². The van der Waals surface area contributed by atoms with Gasteiger partial charge < -0.3 is 9.67 Å². The molecule has 0 saturated carbocycles. The molecule has 0 radical (unpaired) electrons. The number of aromatic nitrogens is 1. The van der Waals surface area contributed by atoms with Crippen molar-refractivity contribution < 1.29 is 5.11 Å². The molecule has 0 bridgehead atoms. The highest BCUT2D eigenvalue weighted by atomic mass is 16.3. The predicted molar refractivity (Wildman–Crippen MR) is 53.6 cm³/mol. The summed E-state index contributed by atoms with van der Waals surface area (Å²) in [5.41, 5.74) is 3.35. The highest BCUT2D eigenvalue weighted by molar-refractivity contribution is 5.84. The molecule has 1 aromatic carbocycles. The van der Waals surface area contributed by atoms with Gasteiger partial charge in [0.2, 0.25) is 0 Å². The minimum atomic E-state index is 0.106. The molecule has 0 spiro atoms. The third kappa shape index (κ3) is 1.14. The van der Waals surface area contributed by atoms with Gasteiger partial charge in [-0.3, -0.25) is 0 Å². The summed E-state index contributed by atoms with van der Waals surface area (Å²) < 4.78 is 2.11. The smallest absolute Gasteiger partial charge is 0.0702 e. The van der Waals surface area contributed by atoms with Crippen molar-refractivity contribution in [3.63, 3.8) is 0 Å². The van der Waals surface area contributed by atoms with Crippen molar-refractivity contribution in [3.05, 3.63) is 35.5 Å². The summed E-state index contributed by atoms with van der Waals surface area (Å²) in [7, 11) is 2.02. The van der Waals surface area contributed by atoms with E-state index in [9.17, 15) is 0 Å². The average molecular weight is 175 g/mol. The second-order valence-electron chi connectivity index (χ2n) is 3.36. The van der Waals surface area contributed by atoms with E-state index in [0.29, 0.717) is 0 Å². The monoisotopic (exact) mass is 175 g/mol. The lowest BCUT2D eigenvalue weighted by molar-refractivity contribution is 0.283. The van der Waals surface area contributed by atoms with Crippen LogP contribution in [0, 0.1) is 6.92 Å². The molecule has 0 fully saturated rings. The lowest BCUT2D eigenvalue weighted by Crippen LogP contribution is -1.94. The fourth-order valence-electron chi connectivity index (χ4n) is 1.76. The van der Waals surface area contributed by atoms with Crippen LogP contribution in [0.15, 0.2) is 24.3 Å². The largest absolute Gasteiger partial charge is 0.392 e. The van der Waals surface area contributed by atoms with Crippen molar-refractivity contribution >= 4 is 10.9 Å². The second kappa shape index (κ2) is 2.89. The Balaban J connectivity index is 2.87. The molecule has 1 aromatic heterocycles. The number of aliphatic hydroxyl groups excluding tert-OH is 1. The number of benzene rings is 1. The lowest BCUT2D eigenvalue weighted by Gasteiger charge is -2.03. The first-order chi connectivity index (χ1) is 6.24. The molecule has 2 rings (SSSR count). The zero-order valence-electron chi connectivity index (χ0n) is 7.91.